The Labute approximate surface area is 117 Å². The van der Waals surface area contributed by atoms with E-state index in [0.717, 1.165) is 16.3 Å². The van der Waals surface area contributed by atoms with Crippen LogP contribution < -0.4 is 0 Å². The molecular formula is C18H14O2. The highest BCUT2D eigenvalue weighted by Gasteiger charge is 2.17. The summed E-state index contributed by atoms with van der Waals surface area (Å²) in [5, 5.41) is 2.10. The molecule has 0 spiro atoms. The Morgan fingerprint density at radius 1 is 0.900 bits per heavy atom. The molecule has 2 heteroatoms. The second-order valence-electron chi connectivity index (χ2n) is 5.12. The van der Waals surface area contributed by atoms with E-state index in [4.69, 9.17) is 0 Å². The van der Waals surface area contributed by atoms with Gasteiger partial charge in [-0.1, -0.05) is 30.3 Å². The van der Waals surface area contributed by atoms with Gasteiger partial charge in [0.2, 0.25) is 0 Å². The first kappa shape index (κ1) is 12.5. The van der Waals surface area contributed by atoms with Gasteiger partial charge < -0.3 is 0 Å². The summed E-state index contributed by atoms with van der Waals surface area (Å²) >= 11 is 0. The van der Waals surface area contributed by atoms with E-state index in [2.05, 4.69) is 19.1 Å². The molecule has 0 aromatic heterocycles. The third kappa shape index (κ3) is 1.99. The molecule has 2 nitrogen and oxygen atoms in total. The summed E-state index contributed by atoms with van der Waals surface area (Å²) in [6, 6.07) is 10.0. The molecular weight excluding hydrogens is 248 g/mol. The van der Waals surface area contributed by atoms with E-state index < -0.39 is 0 Å². The van der Waals surface area contributed by atoms with Gasteiger partial charge in [-0.05, 0) is 59.5 Å². The van der Waals surface area contributed by atoms with Crippen molar-refractivity contribution < 1.29 is 9.59 Å². The van der Waals surface area contributed by atoms with Gasteiger partial charge in [0.05, 0.1) is 0 Å². The number of fused-ring (bicyclic) bond motifs is 1. The summed E-state index contributed by atoms with van der Waals surface area (Å²) in [5.41, 5.74) is 3.70. The second-order valence-corrected chi connectivity index (χ2v) is 5.12. The maximum Gasteiger partial charge on any atom is 0.186 e. The molecule has 0 heterocycles. The Bertz CT molecular complexity index is 808. The molecule has 2 aromatic rings. The van der Waals surface area contributed by atoms with Crippen LogP contribution in [0.15, 0.2) is 48.6 Å². The Kier molecular flexibility index (Phi) is 2.87. The van der Waals surface area contributed by atoms with Gasteiger partial charge in [0.25, 0.3) is 0 Å². The largest absolute Gasteiger partial charge is 0.290 e. The second kappa shape index (κ2) is 4.57. The standard InChI is InChI=1S/C18H14O2/c1-11-8-13-4-3-5-15(16(13)9-12(11)2)17-10-14(19)6-7-18(17)20/h3-10H,1-2H3. The van der Waals surface area contributed by atoms with Crippen LogP contribution in [0.5, 0.6) is 0 Å². The quantitative estimate of drug-likeness (QED) is 0.736. The zero-order valence-electron chi connectivity index (χ0n) is 11.4. The van der Waals surface area contributed by atoms with E-state index in [9.17, 15) is 9.59 Å². The Balaban J connectivity index is 2.29. The van der Waals surface area contributed by atoms with Crippen molar-refractivity contribution in [3.8, 4) is 0 Å². The van der Waals surface area contributed by atoms with E-state index >= 15 is 0 Å². The van der Waals surface area contributed by atoms with E-state index in [0.29, 0.717) is 5.57 Å². The van der Waals surface area contributed by atoms with Crippen molar-refractivity contribution in [3.05, 3.63) is 65.3 Å². The molecule has 3 rings (SSSR count). The molecule has 1 aliphatic rings. The van der Waals surface area contributed by atoms with Gasteiger partial charge in [0.1, 0.15) is 0 Å². The van der Waals surface area contributed by atoms with Crippen molar-refractivity contribution >= 4 is 27.9 Å². The molecule has 0 radical (unpaired) electrons. The zero-order valence-corrected chi connectivity index (χ0v) is 11.4. The molecule has 20 heavy (non-hydrogen) atoms. The summed E-state index contributed by atoms with van der Waals surface area (Å²) in [6.07, 6.45) is 4.08. The average Bonchev–Trinajstić information content (AvgIpc) is 2.42. The minimum absolute atomic E-state index is 0.115. The first-order chi connectivity index (χ1) is 9.56. The number of hydrogen-bond acceptors (Lipinski definition) is 2. The van der Waals surface area contributed by atoms with Crippen molar-refractivity contribution in [2.75, 3.05) is 0 Å². The van der Waals surface area contributed by atoms with Crippen LogP contribution in [0.25, 0.3) is 16.3 Å². The first-order valence-corrected chi connectivity index (χ1v) is 6.54. The molecule has 0 aliphatic heterocycles. The molecule has 2 aromatic carbocycles. The number of carbonyl (C=O) groups is 2. The summed E-state index contributed by atoms with van der Waals surface area (Å²) in [7, 11) is 0. The summed E-state index contributed by atoms with van der Waals surface area (Å²) < 4.78 is 0. The Hall–Kier alpha value is -2.48. The molecule has 0 atom stereocenters. The van der Waals surface area contributed by atoms with Gasteiger partial charge in [-0.3, -0.25) is 9.59 Å². The van der Waals surface area contributed by atoms with Crippen molar-refractivity contribution in [1.82, 2.24) is 0 Å². The van der Waals surface area contributed by atoms with Crippen molar-refractivity contribution in [3.63, 3.8) is 0 Å². The molecule has 0 amide bonds. The first-order valence-electron chi connectivity index (χ1n) is 6.54. The highest BCUT2D eigenvalue weighted by molar-refractivity contribution is 6.35. The van der Waals surface area contributed by atoms with E-state index in [1.807, 2.05) is 25.1 Å². The molecule has 0 saturated heterocycles. The number of rotatable bonds is 1. The average molecular weight is 262 g/mol. The minimum atomic E-state index is -0.138. The van der Waals surface area contributed by atoms with Crippen LogP contribution in [0.1, 0.15) is 16.7 Å². The minimum Gasteiger partial charge on any atom is -0.290 e. The van der Waals surface area contributed by atoms with Crippen LogP contribution in [0.4, 0.5) is 0 Å². The molecule has 0 unspecified atom stereocenters. The van der Waals surface area contributed by atoms with Gasteiger partial charge in [-0.25, -0.2) is 0 Å². The van der Waals surface area contributed by atoms with Crippen LogP contribution in [0.2, 0.25) is 0 Å². The number of ketones is 2. The topological polar surface area (TPSA) is 34.1 Å². The number of allylic oxidation sites excluding steroid dienone is 4. The smallest absolute Gasteiger partial charge is 0.186 e. The van der Waals surface area contributed by atoms with Crippen LogP contribution >= 0.6 is 0 Å². The maximum atomic E-state index is 12.0. The monoisotopic (exact) mass is 262 g/mol. The fourth-order valence-electron chi connectivity index (χ4n) is 2.50. The van der Waals surface area contributed by atoms with E-state index in [1.165, 1.54) is 29.4 Å². The van der Waals surface area contributed by atoms with Crippen LogP contribution in [0, 0.1) is 13.8 Å². The van der Waals surface area contributed by atoms with Crippen LogP contribution in [0.3, 0.4) is 0 Å². The van der Waals surface area contributed by atoms with Crippen molar-refractivity contribution in [2.24, 2.45) is 0 Å². The third-order valence-electron chi connectivity index (χ3n) is 3.74. The third-order valence-corrected chi connectivity index (χ3v) is 3.74. The maximum absolute atomic E-state index is 12.0. The molecule has 0 bridgehead atoms. The van der Waals surface area contributed by atoms with Gasteiger partial charge in [-0.2, -0.15) is 0 Å². The summed E-state index contributed by atoms with van der Waals surface area (Å²) in [5.74, 6) is -0.254. The Morgan fingerprint density at radius 2 is 1.65 bits per heavy atom. The van der Waals surface area contributed by atoms with E-state index in [1.54, 1.807) is 0 Å². The lowest BCUT2D eigenvalue weighted by atomic mass is 9.90. The SMILES string of the molecule is Cc1cc2cccc(C3=CC(=O)C=CC3=O)c2cc1C. The summed E-state index contributed by atoms with van der Waals surface area (Å²) in [4.78, 5) is 23.6. The predicted octanol–water partition coefficient (Wildman–Crippen LogP) is 3.55. The summed E-state index contributed by atoms with van der Waals surface area (Å²) in [6.45, 7) is 4.12. The van der Waals surface area contributed by atoms with Crippen molar-refractivity contribution in [1.29, 1.82) is 0 Å². The Morgan fingerprint density at radius 3 is 2.45 bits per heavy atom. The fraction of sp³-hybridized carbons (Fsp3) is 0.111. The molecule has 1 aliphatic carbocycles. The highest BCUT2D eigenvalue weighted by atomic mass is 16.1. The lowest BCUT2D eigenvalue weighted by molar-refractivity contribution is -0.113. The van der Waals surface area contributed by atoms with Crippen LogP contribution in [-0.4, -0.2) is 11.6 Å². The zero-order chi connectivity index (χ0) is 14.3. The number of hydrogen-bond donors (Lipinski definition) is 0. The lowest BCUT2D eigenvalue weighted by Crippen LogP contribution is -2.07. The van der Waals surface area contributed by atoms with Gasteiger partial charge in [-0.15, -0.1) is 0 Å². The normalized spacial score (nSPS) is 14.8. The van der Waals surface area contributed by atoms with Crippen molar-refractivity contribution in [2.45, 2.75) is 13.8 Å². The highest BCUT2D eigenvalue weighted by Crippen LogP contribution is 2.29. The van der Waals surface area contributed by atoms with Gasteiger partial charge >= 0.3 is 0 Å². The number of aryl methyl sites for hydroxylation is 2. The molecule has 0 saturated carbocycles. The number of benzene rings is 2. The number of carbonyl (C=O) groups excluding carboxylic acids is 2. The van der Waals surface area contributed by atoms with Gasteiger partial charge in [0.15, 0.2) is 11.6 Å². The van der Waals surface area contributed by atoms with Gasteiger partial charge in [0, 0.05) is 5.57 Å². The lowest BCUT2D eigenvalue weighted by Gasteiger charge is -2.12. The molecule has 0 fully saturated rings. The molecule has 98 valence electrons. The van der Waals surface area contributed by atoms with Crippen LogP contribution in [-0.2, 0) is 9.59 Å². The predicted molar refractivity (Wildman–Crippen MR) is 80.6 cm³/mol. The fourth-order valence-corrected chi connectivity index (χ4v) is 2.50. The van der Waals surface area contributed by atoms with E-state index in [-0.39, 0.29) is 11.6 Å². The molecule has 0 N–H and O–H groups in total.